The van der Waals surface area contributed by atoms with E-state index < -0.39 is 17.7 Å². The second kappa shape index (κ2) is 6.55. The number of carbonyl (C=O) groups is 2. The largest absolute Gasteiger partial charge is 0.456 e. The van der Waals surface area contributed by atoms with E-state index in [0.29, 0.717) is 5.02 Å². The highest BCUT2D eigenvalue weighted by atomic mass is 35.5. The maximum absolute atomic E-state index is 12.2. The Balaban J connectivity index is 1.76. The van der Waals surface area contributed by atoms with E-state index in [1.165, 1.54) is 36.4 Å². The van der Waals surface area contributed by atoms with Crippen molar-refractivity contribution < 1.29 is 29.2 Å². The van der Waals surface area contributed by atoms with Crippen molar-refractivity contribution >= 4 is 35.1 Å². The van der Waals surface area contributed by atoms with Gasteiger partial charge in [0.2, 0.25) is 5.79 Å². The molecule has 130 valence electrons. The molecule has 2 aromatic carbocycles. The van der Waals surface area contributed by atoms with Crippen molar-refractivity contribution in [3.8, 4) is 5.75 Å². The van der Waals surface area contributed by atoms with Crippen LogP contribution in [0.1, 0.15) is 39.6 Å². The molecule has 1 aliphatic rings. The second-order valence-corrected chi connectivity index (χ2v) is 6.13. The molecule has 25 heavy (non-hydrogen) atoms. The Kier molecular flexibility index (Phi) is 4.60. The Hall–Kier alpha value is -2.28. The monoisotopic (exact) mass is 382 g/mol. The van der Waals surface area contributed by atoms with Gasteiger partial charge in [-0.2, -0.15) is 0 Å². The highest BCUT2D eigenvalue weighted by Gasteiger charge is 2.47. The molecule has 0 fully saturated rings. The van der Waals surface area contributed by atoms with Gasteiger partial charge in [-0.15, -0.1) is 0 Å². The fraction of sp³-hybridized carbons (Fsp3) is 0.176. The number of hydrogen-bond donors (Lipinski definition) is 1. The van der Waals surface area contributed by atoms with Crippen LogP contribution < -0.4 is 4.74 Å². The van der Waals surface area contributed by atoms with Gasteiger partial charge in [0.25, 0.3) is 0 Å². The molecule has 0 spiro atoms. The van der Waals surface area contributed by atoms with Crippen molar-refractivity contribution in [2.75, 3.05) is 0 Å². The molecule has 2 aromatic rings. The van der Waals surface area contributed by atoms with E-state index in [2.05, 4.69) is 9.78 Å². The van der Waals surface area contributed by atoms with Gasteiger partial charge in [0.05, 0.1) is 21.7 Å². The number of hydrogen-bond acceptors (Lipinski definition) is 6. The summed E-state index contributed by atoms with van der Waals surface area (Å²) >= 11 is 11.7. The number of aliphatic hydroxyl groups is 1. The lowest BCUT2D eigenvalue weighted by Gasteiger charge is -2.40. The van der Waals surface area contributed by atoms with Gasteiger partial charge in [-0.3, -0.25) is 0 Å². The topological polar surface area (TPSA) is 82.1 Å². The van der Waals surface area contributed by atoms with E-state index in [1.807, 2.05) is 0 Å². The summed E-state index contributed by atoms with van der Waals surface area (Å²) in [5, 5.41) is 11.0. The average Bonchev–Trinajstić information content (AvgIpc) is 2.60. The van der Waals surface area contributed by atoms with Crippen LogP contribution >= 0.6 is 23.2 Å². The van der Waals surface area contributed by atoms with Crippen LogP contribution in [-0.2, 0) is 15.6 Å². The van der Waals surface area contributed by atoms with Crippen molar-refractivity contribution in [3.63, 3.8) is 0 Å². The Morgan fingerprint density at radius 3 is 2.36 bits per heavy atom. The Morgan fingerprint density at radius 2 is 1.72 bits per heavy atom. The lowest BCUT2D eigenvalue weighted by molar-refractivity contribution is -0.193. The van der Waals surface area contributed by atoms with Crippen LogP contribution in [0.5, 0.6) is 5.75 Å². The molecule has 0 aliphatic carbocycles. The van der Waals surface area contributed by atoms with Crippen LogP contribution in [0.25, 0.3) is 0 Å². The summed E-state index contributed by atoms with van der Waals surface area (Å²) in [6.07, 6.45) is 0.200. The molecular weight excluding hydrogens is 371 g/mol. The minimum atomic E-state index is -1.63. The van der Waals surface area contributed by atoms with Crippen LogP contribution in [-0.4, -0.2) is 17.0 Å². The fourth-order valence-electron chi connectivity index (χ4n) is 2.39. The molecule has 1 atom stereocenters. The number of rotatable bonds is 3. The predicted octanol–water partition coefficient (Wildman–Crippen LogP) is 3.87. The first-order chi connectivity index (χ1) is 11.9. The summed E-state index contributed by atoms with van der Waals surface area (Å²) in [5.74, 6) is -3.25. The quantitative estimate of drug-likeness (QED) is 0.640. The van der Waals surface area contributed by atoms with Crippen LogP contribution in [0, 0.1) is 0 Å². The summed E-state index contributed by atoms with van der Waals surface area (Å²) in [7, 11) is 0. The standard InChI is InChI=1S/C17H12Cl2O6/c1-2-17(22)13-11(7-8-12(19)14(13)23-17)16(21)25-24-15(20)9-3-5-10(18)6-4-9/h3-8,22H,2H2,1H3. The molecule has 1 N–H and O–H groups in total. The van der Waals surface area contributed by atoms with Gasteiger partial charge in [-0.25, -0.2) is 19.4 Å². The molecular formula is C17H12Cl2O6. The van der Waals surface area contributed by atoms with Crippen LogP contribution in [0.15, 0.2) is 36.4 Å². The van der Waals surface area contributed by atoms with Gasteiger partial charge in [0.15, 0.2) is 5.75 Å². The van der Waals surface area contributed by atoms with Gasteiger partial charge < -0.3 is 9.84 Å². The summed E-state index contributed by atoms with van der Waals surface area (Å²) in [6.45, 7) is 1.68. The Morgan fingerprint density at radius 1 is 1.08 bits per heavy atom. The van der Waals surface area contributed by atoms with Crippen molar-refractivity contribution in [2.45, 2.75) is 19.1 Å². The molecule has 0 aromatic heterocycles. The smallest absolute Gasteiger partial charge is 0.387 e. The molecule has 0 saturated heterocycles. The van der Waals surface area contributed by atoms with E-state index in [0.717, 1.165) is 0 Å². The molecule has 0 bridgehead atoms. The molecule has 0 saturated carbocycles. The third kappa shape index (κ3) is 3.16. The molecule has 1 aliphatic heterocycles. The lowest BCUT2D eigenvalue weighted by atomic mass is 9.91. The lowest BCUT2D eigenvalue weighted by Crippen LogP contribution is -2.42. The number of benzene rings is 2. The van der Waals surface area contributed by atoms with Crippen LogP contribution in [0.3, 0.4) is 0 Å². The van der Waals surface area contributed by atoms with Crippen molar-refractivity contribution in [1.82, 2.24) is 0 Å². The summed E-state index contributed by atoms with van der Waals surface area (Å²) in [4.78, 5) is 33.2. The van der Waals surface area contributed by atoms with E-state index in [9.17, 15) is 14.7 Å². The SMILES string of the molecule is CCC1(O)Oc2c(Cl)ccc(C(=O)OOC(=O)c3ccc(Cl)cc3)c21. The van der Waals surface area contributed by atoms with Crippen LogP contribution in [0.4, 0.5) is 0 Å². The highest BCUT2D eigenvalue weighted by Crippen LogP contribution is 2.50. The highest BCUT2D eigenvalue weighted by molar-refractivity contribution is 6.32. The molecule has 6 nitrogen and oxygen atoms in total. The van der Waals surface area contributed by atoms with Gasteiger partial charge in [-0.1, -0.05) is 30.1 Å². The van der Waals surface area contributed by atoms with Crippen molar-refractivity contribution in [2.24, 2.45) is 0 Å². The average molecular weight is 383 g/mol. The Labute approximate surface area is 152 Å². The van der Waals surface area contributed by atoms with E-state index in [1.54, 1.807) is 6.92 Å². The van der Waals surface area contributed by atoms with Crippen LogP contribution in [0.2, 0.25) is 10.0 Å². The number of halogens is 2. The first-order valence-corrected chi connectivity index (χ1v) is 8.04. The van der Waals surface area contributed by atoms with E-state index >= 15 is 0 Å². The van der Waals surface area contributed by atoms with Gasteiger partial charge >= 0.3 is 11.9 Å². The predicted molar refractivity (Wildman–Crippen MR) is 88.6 cm³/mol. The Bertz CT molecular complexity index is 849. The molecule has 1 unspecified atom stereocenters. The molecule has 3 rings (SSSR count). The van der Waals surface area contributed by atoms with E-state index in [-0.39, 0.29) is 33.9 Å². The third-order valence-electron chi connectivity index (χ3n) is 3.74. The number of carbonyl (C=O) groups excluding carboxylic acids is 2. The molecule has 1 heterocycles. The maximum atomic E-state index is 12.2. The zero-order valence-electron chi connectivity index (χ0n) is 12.9. The summed E-state index contributed by atoms with van der Waals surface area (Å²) in [5.41, 5.74) is 0.364. The minimum Gasteiger partial charge on any atom is -0.456 e. The zero-order chi connectivity index (χ0) is 18.2. The first kappa shape index (κ1) is 17.5. The third-order valence-corrected chi connectivity index (χ3v) is 4.29. The first-order valence-electron chi connectivity index (χ1n) is 7.29. The molecule has 0 amide bonds. The maximum Gasteiger partial charge on any atom is 0.387 e. The number of fused-ring (bicyclic) bond motifs is 1. The summed E-state index contributed by atoms with van der Waals surface area (Å²) in [6, 6.07) is 8.64. The number of ether oxygens (including phenoxy) is 1. The van der Waals surface area contributed by atoms with Gasteiger partial charge in [0.1, 0.15) is 0 Å². The minimum absolute atomic E-state index is 0.00101. The van der Waals surface area contributed by atoms with E-state index in [4.69, 9.17) is 27.9 Å². The van der Waals surface area contributed by atoms with Crippen molar-refractivity contribution in [1.29, 1.82) is 0 Å². The summed E-state index contributed by atoms with van der Waals surface area (Å²) < 4.78 is 5.24. The second-order valence-electron chi connectivity index (χ2n) is 5.29. The van der Waals surface area contributed by atoms with Crippen molar-refractivity contribution in [3.05, 3.63) is 63.1 Å². The molecule has 8 heteroatoms. The molecule has 0 radical (unpaired) electrons. The fourth-order valence-corrected chi connectivity index (χ4v) is 2.71. The van der Waals surface area contributed by atoms with Gasteiger partial charge in [0, 0.05) is 11.4 Å². The van der Waals surface area contributed by atoms with Gasteiger partial charge in [-0.05, 0) is 36.4 Å². The zero-order valence-corrected chi connectivity index (χ0v) is 14.4. The normalized spacial score (nSPS) is 17.8.